The van der Waals surface area contributed by atoms with Crippen molar-refractivity contribution in [3.63, 3.8) is 0 Å². The van der Waals surface area contributed by atoms with Gasteiger partial charge in [0.05, 0.1) is 17.2 Å². The molecule has 4 rings (SSSR count). The predicted molar refractivity (Wildman–Crippen MR) is 97.3 cm³/mol. The molecule has 7 heteroatoms. The number of amides is 2. The van der Waals surface area contributed by atoms with Crippen LogP contribution in [0, 0.1) is 18.2 Å². The smallest absolute Gasteiger partial charge is 0.257 e. The number of benzene rings is 1. The molecular weight excluding hydrogens is 347 g/mol. The number of likely N-dealkylation sites (tertiary alicyclic amines) is 2. The Morgan fingerprint density at radius 3 is 2.74 bits per heavy atom. The normalized spacial score (nSPS) is 22.7. The monoisotopic (exact) mass is 370 g/mol. The van der Waals surface area contributed by atoms with Gasteiger partial charge in [0.2, 0.25) is 5.91 Å². The van der Waals surface area contributed by atoms with Gasteiger partial charge in [-0.15, -0.1) is 0 Å². The van der Waals surface area contributed by atoms with Gasteiger partial charge in [0.25, 0.3) is 5.91 Å². The SMILES string of the molecule is Cc1[nH]ncc1C(=O)N1CCC2(CCCN(Cc3ccc(F)cc3)C2=O)C1. The summed E-state index contributed by atoms with van der Waals surface area (Å²) in [7, 11) is 0. The van der Waals surface area contributed by atoms with Crippen molar-refractivity contribution in [1.29, 1.82) is 0 Å². The fourth-order valence-electron chi connectivity index (χ4n) is 4.27. The highest BCUT2D eigenvalue weighted by atomic mass is 19.1. The molecule has 3 heterocycles. The number of carbonyl (C=O) groups excluding carboxylic acids is 2. The van der Waals surface area contributed by atoms with Crippen LogP contribution in [-0.4, -0.2) is 51.4 Å². The molecule has 0 aliphatic carbocycles. The van der Waals surface area contributed by atoms with Crippen LogP contribution in [0.1, 0.15) is 40.9 Å². The van der Waals surface area contributed by atoms with Gasteiger partial charge in [-0.3, -0.25) is 14.7 Å². The van der Waals surface area contributed by atoms with Crippen LogP contribution >= 0.6 is 0 Å². The molecule has 0 radical (unpaired) electrons. The second-order valence-corrected chi connectivity index (χ2v) is 7.62. The number of hydrogen-bond donors (Lipinski definition) is 1. The van der Waals surface area contributed by atoms with Crippen LogP contribution in [0.2, 0.25) is 0 Å². The minimum atomic E-state index is -0.494. The summed E-state index contributed by atoms with van der Waals surface area (Å²) in [6, 6.07) is 6.28. The Balaban J connectivity index is 1.48. The average molecular weight is 370 g/mol. The van der Waals surface area contributed by atoms with E-state index in [2.05, 4.69) is 10.2 Å². The van der Waals surface area contributed by atoms with Gasteiger partial charge in [0, 0.05) is 31.9 Å². The second kappa shape index (κ2) is 6.79. The van der Waals surface area contributed by atoms with Crippen molar-refractivity contribution in [3.05, 3.63) is 53.1 Å². The van der Waals surface area contributed by atoms with Crippen molar-refractivity contribution in [3.8, 4) is 0 Å². The first-order valence-corrected chi connectivity index (χ1v) is 9.32. The van der Waals surface area contributed by atoms with Crippen LogP contribution in [0.15, 0.2) is 30.5 Å². The van der Waals surface area contributed by atoms with Crippen molar-refractivity contribution >= 4 is 11.8 Å². The third-order valence-corrected chi connectivity index (χ3v) is 5.81. The van der Waals surface area contributed by atoms with Gasteiger partial charge in [-0.1, -0.05) is 12.1 Å². The van der Waals surface area contributed by atoms with E-state index in [-0.39, 0.29) is 17.6 Å². The Hall–Kier alpha value is -2.70. The number of halogens is 1. The summed E-state index contributed by atoms with van der Waals surface area (Å²) in [6.07, 6.45) is 3.96. The van der Waals surface area contributed by atoms with Crippen LogP contribution < -0.4 is 0 Å². The highest BCUT2D eigenvalue weighted by Gasteiger charge is 2.49. The first-order valence-electron chi connectivity index (χ1n) is 9.32. The maximum absolute atomic E-state index is 13.2. The molecule has 2 aliphatic rings. The molecule has 2 amide bonds. The number of rotatable bonds is 3. The zero-order valence-electron chi connectivity index (χ0n) is 15.4. The maximum Gasteiger partial charge on any atom is 0.257 e. The quantitative estimate of drug-likeness (QED) is 0.903. The largest absolute Gasteiger partial charge is 0.338 e. The van der Waals surface area contributed by atoms with E-state index in [9.17, 15) is 14.0 Å². The van der Waals surface area contributed by atoms with Gasteiger partial charge in [-0.05, 0) is 43.9 Å². The zero-order valence-corrected chi connectivity index (χ0v) is 15.4. The van der Waals surface area contributed by atoms with Crippen molar-refractivity contribution in [1.82, 2.24) is 20.0 Å². The summed E-state index contributed by atoms with van der Waals surface area (Å²) in [5, 5.41) is 6.72. The number of aryl methyl sites for hydroxylation is 1. The Labute approximate surface area is 157 Å². The summed E-state index contributed by atoms with van der Waals surface area (Å²) in [6.45, 7) is 4.04. The molecular formula is C20H23FN4O2. The van der Waals surface area contributed by atoms with E-state index < -0.39 is 5.41 Å². The number of H-pyrrole nitrogens is 1. The standard InChI is InChI=1S/C20H23FN4O2/c1-14-17(11-22-23-14)18(26)25-10-8-20(13-25)7-2-9-24(19(20)27)12-15-3-5-16(21)6-4-15/h3-6,11H,2,7-10,12-13H2,1H3,(H,22,23). The van der Waals surface area contributed by atoms with E-state index in [1.807, 2.05) is 11.8 Å². The van der Waals surface area contributed by atoms with Crippen LogP contribution in [-0.2, 0) is 11.3 Å². The van der Waals surface area contributed by atoms with Gasteiger partial charge in [0.15, 0.2) is 0 Å². The van der Waals surface area contributed by atoms with Crippen LogP contribution in [0.4, 0.5) is 4.39 Å². The summed E-state index contributed by atoms with van der Waals surface area (Å²) >= 11 is 0. The zero-order chi connectivity index (χ0) is 19.0. The number of nitrogens with one attached hydrogen (secondary N) is 1. The third kappa shape index (κ3) is 3.22. The van der Waals surface area contributed by atoms with Crippen LogP contribution in [0.5, 0.6) is 0 Å². The third-order valence-electron chi connectivity index (χ3n) is 5.81. The summed E-state index contributed by atoms with van der Waals surface area (Å²) < 4.78 is 13.1. The number of piperidine rings is 1. The molecule has 2 saturated heterocycles. The average Bonchev–Trinajstić information content (AvgIpc) is 3.28. The number of carbonyl (C=O) groups is 2. The van der Waals surface area contributed by atoms with E-state index in [0.717, 1.165) is 24.1 Å². The highest BCUT2D eigenvalue weighted by Crippen LogP contribution is 2.41. The molecule has 1 spiro atoms. The minimum Gasteiger partial charge on any atom is -0.338 e. The van der Waals surface area contributed by atoms with Gasteiger partial charge in [-0.25, -0.2) is 4.39 Å². The van der Waals surface area contributed by atoms with E-state index in [1.54, 1.807) is 23.2 Å². The lowest BCUT2D eigenvalue weighted by Crippen LogP contribution is -2.50. The Morgan fingerprint density at radius 2 is 2.04 bits per heavy atom. The lowest BCUT2D eigenvalue weighted by molar-refractivity contribution is -0.146. The summed E-state index contributed by atoms with van der Waals surface area (Å²) in [5.41, 5.74) is 1.74. The molecule has 2 fully saturated rings. The van der Waals surface area contributed by atoms with Gasteiger partial charge in [0.1, 0.15) is 5.82 Å². The first kappa shape index (κ1) is 17.7. The maximum atomic E-state index is 13.2. The number of nitrogens with zero attached hydrogens (tertiary/aromatic N) is 3. The van der Waals surface area contributed by atoms with Gasteiger partial charge < -0.3 is 9.80 Å². The Morgan fingerprint density at radius 1 is 1.26 bits per heavy atom. The summed E-state index contributed by atoms with van der Waals surface area (Å²) in [4.78, 5) is 29.6. The highest BCUT2D eigenvalue weighted by molar-refractivity contribution is 5.96. The predicted octanol–water partition coefficient (Wildman–Crippen LogP) is 2.51. The van der Waals surface area contributed by atoms with E-state index in [4.69, 9.17) is 0 Å². The Bertz CT molecular complexity index is 863. The van der Waals surface area contributed by atoms with Crippen molar-refractivity contribution < 1.29 is 14.0 Å². The van der Waals surface area contributed by atoms with Crippen molar-refractivity contribution in [2.75, 3.05) is 19.6 Å². The topological polar surface area (TPSA) is 69.3 Å². The van der Waals surface area contributed by atoms with Crippen molar-refractivity contribution in [2.24, 2.45) is 5.41 Å². The molecule has 6 nitrogen and oxygen atoms in total. The summed E-state index contributed by atoms with van der Waals surface area (Å²) in [5.74, 6) is -0.237. The number of hydrogen-bond acceptors (Lipinski definition) is 3. The van der Waals surface area contributed by atoms with Gasteiger partial charge in [-0.2, -0.15) is 5.10 Å². The minimum absolute atomic E-state index is 0.0680. The van der Waals surface area contributed by atoms with E-state index in [1.165, 1.54) is 12.1 Å². The molecule has 1 N–H and O–H groups in total. The molecule has 1 unspecified atom stereocenters. The second-order valence-electron chi connectivity index (χ2n) is 7.62. The number of aromatic nitrogens is 2. The molecule has 0 saturated carbocycles. The van der Waals surface area contributed by atoms with Gasteiger partial charge >= 0.3 is 0 Å². The molecule has 2 aromatic rings. The molecule has 142 valence electrons. The lowest BCUT2D eigenvalue weighted by Gasteiger charge is -2.39. The molecule has 2 aliphatic heterocycles. The van der Waals surface area contributed by atoms with Crippen molar-refractivity contribution in [2.45, 2.75) is 32.7 Å². The fraction of sp³-hybridized carbons (Fsp3) is 0.450. The van der Waals surface area contributed by atoms with E-state index >= 15 is 0 Å². The van der Waals surface area contributed by atoms with Crippen LogP contribution in [0.25, 0.3) is 0 Å². The molecule has 1 aromatic heterocycles. The Kier molecular flexibility index (Phi) is 4.45. The molecule has 0 bridgehead atoms. The molecule has 1 atom stereocenters. The molecule has 1 aromatic carbocycles. The molecule has 27 heavy (non-hydrogen) atoms. The van der Waals surface area contributed by atoms with E-state index in [0.29, 0.717) is 38.2 Å². The fourth-order valence-corrected chi connectivity index (χ4v) is 4.27. The van der Waals surface area contributed by atoms with Crippen LogP contribution in [0.3, 0.4) is 0 Å². The first-order chi connectivity index (χ1) is 13.0. The number of aromatic amines is 1. The lowest BCUT2D eigenvalue weighted by atomic mass is 9.78.